The third-order valence-corrected chi connectivity index (χ3v) is 4.51. The van der Waals surface area contributed by atoms with Gasteiger partial charge < -0.3 is 15.3 Å². The third-order valence-electron chi connectivity index (χ3n) is 4.51. The highest BCUT2D eigenvalue weighted by molar-refractivity contribution is 5.74. The zero-order valence-electron chi connectivity index (χ0n) is 13.1. The second-order valence-electron chi connectivity index (χ2n) is 6.09. The largest absolute Gasteiger partial charge is 0.396 e. The van der Waals surface area contributed by atoms with Gasteiger partial charge in [-0.1, -0.05) is 0 Å². The molecule has 1 saturated carbocycles. The predicted molar refractivity (Wildman–Crippen MR) is 80.7 cm³/mol. The van der Waals surface area contributed by atoms with Crippen molar-refractivity contribution in [2.45, 2.75) is 44.7 Å². The van der Waals surface area contributed by atoms with Crippen LogP contribution in [0.15, 0.2) is 12.4 Å². The smallest absolute Gasteiger partial charge is 0.317 e. The second kappa shape index (κ2) is 6.93. The van der Waals surface area contributed by atoms with Gasteiger partial charge in [0.15, 0.2) is 0 Å². The Balaban J connectivity index is 1.85. The van der Waals surface area contributed by atoms with Crippen molar-refractivity contribution in [3.63, 3.8) is 0 Å². The number of hydrogen-bond donors (Lipinski definition) is 2. The summed E-state index contributed by atoms with van der Waals surface area (Å²) in [5.74, 6) is 0.409. The van der Waals surface area contributed by atoms with Gasteiger partial charge in [-0.25, -0.2) is 4.79 Å². The predicted octanol–water partition coefficient (Wildman–Crippen LogP) is 1.67. The van der Waals surface area contributed by atoms with Gasteiger partial charge in [-0.05, 0) is 38.5 Å². The van der Waals surface area contributed by atoms with Crippen LogP contribution >= 0.6 is 0 Å². The molecule has 0 saturated heterocycles. The minimum atomic E-state index is -0.0533. The average Bonchev–Trinajstić information content (AvgIpc) is 2.93. The number of amides is 2. The van der Waals surface area contributed by atoms with Gasteiger partial charge in [0, 0.05) is 38.5 Å². The van der Waals surface area contributed by atoms with Gasteiger partial charge in [0.25, 0.3) is 0 Å². The number of nitrogens with one attached hydrogen (secondary N) is 1. The molecule has 1 aromatic heterocycles. The molecule has 2 N–H and O–H groups in total. The summed E-state index contributed by atoms with van der Waals surface area (Å²) in [6, 6.07) is 0.176. The van der Waals surface area contributed by atoms with Crippen LogP contribution in [0, 0.1) is 5.92 Å². The number of aromatic nitrogens is 2. The molecule has 2 rings (SSSR count). The molecule has 0 spiro atoms. The van der Waals surface area contributed by atoms with Crippen LogP contribution in [0.4, 0.5) is 4.79 Å². The maximum Gasteiger partial charge on any atom is 0.317 e. The number of aliphatic hydroxyl groups excluding tert-OH is 1. The maximum atomic E-state index is 12.3. The van der Waals surface area contributed by atoms with Crippen molar-refractivity contribution in [2.75, 3.05) is 13.7 Å². The van der Waals surface area contributed by atoms with Crippen LogP contribution in [-0.2, 0) is 7.05 Å². The fourth-order valence-corrected chi connectivity index (χ4v) is 2.91. The molecule has 1 aliphatic carbocycles. The molecule has 6 nitrogen and oxygen atoms in total. The quantitative estimate of drug-likeness (QED) is 0.887. The van der Waals surface area contributed by atoms with E-state index in [1.807, 2.05) is 27.2 Å². The number of nitrogens with zero attached hydrogens (tertiary/aromatic N) is 3. The summed E-state index contributed by atoms with van der Waals surface area (Å²) in [6.07, 6.45) is 7.62. The van der Waals surface area contributed by atoms with E-state index in [4.69, 9.17) is 0 Å². The first kappa shape index (κ1) is 15.8. The Bertz CT molecular complexity index is 466. The molecular formula is C15H26N4O2. The zero-order chi connectivity index (χ0) is 15.4. The van der Waals surface area contributed by atoms with E-state index in [1.165, 1.54) is 0 Å². The fourth-order valence-electron chi connectivity index (χ4n) is 2.91. The molecule has 1 heterocycles. The molecule has 1 fully saturated rings. The van der Waals surface area contributed by atoms with Crippen LogP contribution in [0.25, 0.3) is 0 Å². The molecule has 1 aromatic rings. The summed E-state index contributed by atoms with van der Waals surface area (Å²) in [6.45, 7) is 2.23. The van der Waals surface area contributed by atoms with Crippen LogP contribution in [0.2, 0.25) is 0 Å². The summed E-state index contributed by atoms with van der Waals surface area (Å²) in [4.78, 5) is 14.1. The highest BCUT2D eigenvalue weighted by Gasteiger charge is 2.26. The Morgan fingerprint density at radius 3 is 2.71 bits per heavy atom. The van der Waals surface area contributed by atoms with Crippen LogP contribution in [0.1, 0.15) is 44.2 Å². The monoisotopic (exact) mass is 294 g/mol. The van der Waals surface area contributed by atoms with Gasteiger partial charge in [0.1, 0.15) is 0 Å². The molecule has 0 radical (unpaired) electrons. The molecule has 0 bridgehead atoms. The molecule has 118 valence electrons. The third kappa shape index (κ3) is 3.97. The number of rotatable bonds is 4. The molecular weight excluding hydrogens is 268 g/mol. The topological polar surface area (TPSA) is 70.4 Å². The zero-order valence-corrected chi connectivity index (χ0v) is 13.1. The van der Waals surface area contributed by atoms with Gasteiger partial charge in [-0.2, -0.15) is 5.10 Å². The number of aliphatic hydroxyl groups is 1. The molecule has 21 heavy (non-hydrogen) atoms. The lowest BCUT2D eigenvalue weighted by Crippen LogP contribution is -2.45. The van der Waals surface area contributed by atoms with E-state index >= 15 is 0 Å². The van der Waals surface area contributed by atoms with E-state index in [2.05, 4.69) is 10.4 Å². The van der Waals surface area contributed by atoms with Gasteiger partial charge in [0.05, 0.1) is 12.2 Å². The first-order chi connectivity index (χ1) is 10.0. The van der Waals surface area contributed by atoms with Crippen molar-refractivity contribution in [1.82, 2.24) is 20.0 Å². The Morgan fingerprint density at radius 1 is 1.52 bits per heavy atom. The van der Waals surface area contributed by atoms with E-state index in [9.17, 15) is 9.90 Å². The summed E-state index contributed by atoms with van der Waals surface area (Å²) in [5, 5.41) is 16.3. The van der Waals surface area contributed by atoms with Crippen molar-refractivity contribution in [3.8, 4) is 0 Å². The first-order valence-electron chi connectivity index (χ1n) is 7.64. The number of aryl methyl sites for hydroxylation is 1. The van der Waals surface area contributed by atoms with Crippen molar-refractivity contribution in [3.05, 3.63) is 18.0 Å². The molecule has 1 unspecified atom stereocenters. The van der Waals surface area contributed by atoms with E-state index in [1.54, 1.807) is 15.8 Å². The second-order valence-corrected chi connectivity index (χ2v) is 6.09. The van der Waals surface area contributed by atoms with Gasteiger partial charge in [0.2, 0.25) is 0 Å². The van der Waals surface area contributed by atoms with Gasteiger partial charge >= 0.3 is 6.03 Å². The molecule has 0 aliphatic heterocycles. The van der Waals surface area contributed by atoms with Crippen LogP contribution in [-0.4, -0.2) is 45.5 Å². The Morgan fingerprint density at radius 2 is 2.19 bits per heavy atom. The SMILES string of the molecule is CC(NC(=O)N(C)C1CCC(CO)CC1)c1cnn(C)c1. The summed E-state index contributed by atoms with van der Waals surface area (Å²) >= 11 is 0. The molecule has 6 heteroatoms. The van der Waals surface area contributed by atoms with Crippen LogP contribution in [0.5, 0.6) is 0 Å². The lowest BCUT2D eigenvalue weighted by molar-refractivity contribution is 0.133. The standard InChI is InChI=1S/C15H26N4O2/c1-11(13-8-16-18(2)9-13)17-15(21)19(3)14-6-4-12(10-20)5-7-14/h8-9,11-12,14,20H,4-7,10H2,1-3H3,(H,17,21). The summed E-state index contributed by atoms with van der Waals surface area (Å²) < 4.78 is 1.73. The van der Waals surface area contributed by atoms with Crippen molar-refractivity contribution in [2.24, 2.45) is 13.0 Å². The first-order valence-corrected chi connectivity index (χ1v) is 7.64. The van der Waals surface area contributed by atoms with Crippen molar-refractivity contribution >= 4 is 6.03 Å². The van der Waals surface area contributed by atoms with E-state index in [0.29, 0.717) is 5.92 Å². The normalized spacial score (nSPS) is 23.6. The van der Waals surface area contributed by atoms with E-state index in [0.717, 1.165) is 31.2 Å². The highest BCUT2D eigenvalue weighted by Crippen LogP contribution is 2.26. The molecule has 2 amide bonds. The lowest BCUT2D eigenvalue weighted by Gasteiger charge is -2.34. The minimum absolute atomic E-state index is 0.0428. The fraction of sp³-hybridized carbons (Fsp3) is 0.733. The Labute approximate surface area is 126 Å². The maximum absolute atomic E-state index is 12.3. The van der Waals surface area contributed by atoms with E-state index in [-0.39, 0.29) is 24.7 Å². The summed E-state index contributed by atoms with van der Waals surface area (Å²) in [7, 11) is 3.72. The van der Waals surface area contributed by atoms with Crippen molar-refractivity contribution < 1.29 is 9.90 Å². The van der Waals surface area contributed by atoms with Crippen LogP contribution in [0.3, 0.4) is 0 Å². The van der Waals surface area contributed by atoms with Crippen LogP contribution < -0.4 is 5.32 Å². The Hall–Kier alpha value is -1.56. The van der Waals surface area contributed by atoms with Gasteiger partial charge in [-0.3, -0.25) is 4.68 Å². The number of carbonyl (C=O) groups excluding carboxylic acids is 1. The summed E-state index contributed by atoms with van der Waals surface area (Å²) in [5.41, 5.74) is 1.00. The average molecular weight is 294 g/mol. The Kier molecular flexibility index (Phi) is 5.22. The number of carbonyl (C=O) groups is 1. The number of hydrogen-bond acceptors (Lipinski definition) is 3. The highest BCUT2D eigenvalue weighted by atomic mass is 16.3. The molecule has 1 atom stereocenters. The number of urea groups is 1. The lowest BCUT2D eigenvalue weighted by atomic mass is 9.86. The van der Waals surface area contributed by atoms with E-state index < -0.39 is 0 Å². The molecule has 1 aliphatic rings. The molecule has 0 aromatic carbocycles. The minimum Gasteiger partial charge on any atom is -0.396 e. The van der Waals surface area contributed by atoms with Gasteiger partial charge in [-0.15, -0.1) is 0 Å². The van der Waals surface area contributed by atoms with Crippen molar-refractivity contribution in [1.29, 1.82) is 0 Å².